The lowest BCUT2D eigenvalue weighted by Gasteiger charge is -2.10. The third kappa shape index (κ3) is 3.72. The van der Waals surface area contributed by atoms with Crippen LogP contribution in [-0.2, 0) is 6.42 Å². The molecule has 1 atom stereocenters. The van der Waals surface area contributed by atoms with E-state index in [1.54, 1.807) is 0 Å². The maximum Gasteiger partial charge on any atom is 0.0991 e. The molecule has 18 heavy (non-hydrogen) atoms. The fourth-order valence-electron chi connectivity index (χ4n) is 1.93. The zero-order valence-corrected chi connectivity index (χ0v) is 12.2. The molecule has 0 bridgehead atoms. The first kappa shape index (κ1) is 13.9. The normalized spacial score (nSPS) is 12.6. The summed E-state index contributed by atoms with van der Waals surface area (Å²) >= 11 is 13.4. The van der Waals surface area contributed by atoms with E-state index in [0.717, 1.165) is 24.8 Å². The van der Waals surface area contributed by atoms with Gasteiger partial charge in [-0.2, -0.15) is 0 Å². The Morgan fingerprint density at radius 3 is 2.50 bits per heavy atom. The Morgan fingerprint density at radius 2 is 1.89 bits per heavy atom. The first-order valence-corrected chi connectivity index (χ1v) is 7.48. The Labute approximate surface area is 122 Å². The van der Waals surface area contributed by atoms with Crippen LogP contribution in [-0.4, -0.2) is 0 Å². The number of hydrogen-bond acceptors (Lipinski definition) is 2. The molecule has 0 radical (unpaired) electrons. The van der Waals surface area contributed by atoms with E-state index < -0.39 is 0 Å². The molecule has 1 unspecified atom stereocenters. The van der Waals surface area contributed by atoms with Gasteiger partial charge in [0, 0.05) is 6.04 Å². The van der Waals surface area contributed by atoms with Gasteiger partial charge in [0.25, 0.3) is 0 Å². The molecular formula is C14H15Cl2NS. The quantitative estimate of drug-likeness (QED) is 0.819. The van der Waals surface area contributed by atoms with E-state index in [-0.39, 0.29) is 6.04 Å². The SMILES string of the molecule is NC(CCCc1ccccc1)c1cc(Cl)sc1Cl. The lowest BCUT2D eigenvalue weighted by atomic mass is 10.0. The van der Waals surface area contributed by atoms with Crippen LogP contribution < -0.4 is 5.73 Å². The van der Waals surface area contributed by atoms with E-state index in [1.165, 1.54) is 16.9 Å². The number of hydrogen-bond donors (Lipinski definition) is 1. The van der Waals surface area contributed by atoms with Crippen molar-refractivity contribution in [1.29, 1.82) is 0 Å². The summed E-state index contributed by atoms with van der Waals surface area (Å²) in [5.74, 6) is 0. The minimum absolute atomic E-state index is 0.0232. The van der Waals surface area contributed by atoms with E-state index in [2.05, 4.69) is 24.3 Å². The van der Waals surface area contributed by atoms with Gasteiger partial charge in [-0.25, -0.2) is 0 Å². The van der Waals surface area contributed by atoms with E-state index in [4.69, 9.17) is 28.9 Å². The molecule has 0 saturated carbocycles. The largest absolute Gasteiger partial charge is 0.324 e. The fraction of sp³-hybridized carbons (Fsp3) is 0.286. The first-order chi connectivity index (χ1) is 8.66. The van der Waals surface area contributed by atoms with Crippen molar-refractivity contribution in [3.63, 3.8) is 0 Å². The summed E-state index contributed by atoms with van der Waals surface area (Å²) in [5.41, 5.74) is 8.46. The molecule has 1 heterocycles. The van der Waals surface area contributed by atoms with E-state index in [0.29, 0.717) is 8.67 Å². The van der Waals surface area contributed by atoms with Gasteiger partial charge in [-0.3, -0.25) is 0 Å². The zero-order chi connectivity index (χ0) is 13.0. The van der Waals surface area contributed by atoms with Gasteiger partial charge in [-0.05, 0) is 36.5 Å². The molecule has 0 aliphatic carbocycles. The number of benzene rings is 1. The van der Waals surface area contributed by atoms with Crippen LogP contribution in [0, 0.1) is 0 Å². The second-order valence-corrected chi connectivity index (χ2v) is 6.55. The molecule has 0 amide bonds. The van der Waals surface area contributed by atoms with E-state index in [1.807, 2.05) is 12.1 Å². The zero-order valence-electron chi connectivity index (χ0n) is 9.90. The van der Waals surface area contributed by atoms with Crippen LogP contribution in [0.15, 0.2) is 36.4 Å². The van der Waals surface area contributed by atoms with Crippen molar-refractivity contribution in [2.24, 2.45) is 5.73 Å². The van der Waals surface area contributed by atoms with Gasteiger partial charge in [0.2, 0.25) is 0 Å². The molecule has 0 aliphatic rings. The predicted octanol–water partition coefficient (Wildman–Crippen LogP) is 5.08. The highest BCUT2D eigenvalue weighted by atomic mass is 35.5. The number of nitrogens with two attached hydrogens (primary N) is 1. The number of rotatable bonds is 5. The molecule has 1 aromatic heterocycles. The third-order valence-electron chi connectivity index (χ3n) is 2.91. The molecule has 2 rings (SSSR count). The fourth-order valence-corrected chi connectivity index (χ4v) is 3.53. The molecule has 0 spiro atoms. The molecule has 0 saturated heterocycles. The van der Waals surface area contributed by atoms with Crippen molar-refractivity contribution in [3.05, 3.63) is 56.2 Å². The van der Waals surface area contributed by atoms with Crippen LogP contribution in [0.25, 0.3) is 0 Å². The monoisotopic (exact) mass is 299 g/mol. The highest BCUT2D eigenvalue weighted by Crippen LogP contribution is 2.35. The Bertz CT molecular complexity index is 496. The Morgan fingerprint density at radius 1 is 1.17 bits per heavy atom. The van der Waals surface area contributed by atoms with Crippen LogP contribution in [0.5, 0.6) is 0 Å². The third-order valence-corrected chi connectivity index (χ3v) is 4.42. The molecule has 0 fully saturated rings. The molecule has 1 aromatic carbocycles. The Hall–Kier alpha value is -0.540. The average Bonchev–Trinajstić information content (AvgIpc) is 2.70. The second kappa shape index (κ2) is 6.58. The summed E-state index contributed by atoms with van der Waals surface area (Å²) in [4.78, 5) is 0. The van der Waals surface area contributed by atoms with Crippen molar-refractivity contribution in [2.75, 3.05) is 0 Å². The number of thiophene rings is 1. The molecule has 96 valence electrons. The lowest BCUT2D eigenvalue weighted by Crippen LogP contribution is -2.09. The minimum Gasteiger partial charge on any atom is -0.324 e. The van der Waals surface area contributed by atoms with Gasteiger partial charge >= 0.3 is 0 Å². The van der Waals surface area contributed by atoms with Crippen LogP contribution >= 0.6 is 34.5 Å². The van der Waals surface area contributed by atoms with Crippen LogP contribution in [0.1, 0.15) is 30.0 Å². The van der Waals surface area contributed by atoms with Gasteiger partial charge < -0.3 is 5.73 Å². The molecule has 4 heteroatoms. The molecule has 2 N–H and O–H groups in total. The van der Waals surface area contributed by atoms with Gasteiger partial charge in [-0.15, -0.1) is 11.3 Å². The van der Waals surface area contributed by atoms with Crippen LogP contribution in [0.4, 0.5) is 0 Å². The van der Waals surface area contributed by atoms with Crippen molar-refractivity contribution in [3.8, 4) is 0 Å². The topological polar surface area (TPSA) is 26.0 Å². The lowest BCUT2D eigenvalue weighted by molar-refractivity contribution is 0.613. The smallest absolute Gasteiger partial charge is 0.0991 e. The van der Waals surface area contributed by atoms with Gasteiger partial charge in [-0.1, -0.05) is 53.5 Å². The van der Waals surface area contributed by atoms with E-state index in [9.17, 15) is 0 Å². The standard InChI is InChI=1S/C14H15Cl2NS/c15-13-9-11(14(16)18-13)12(17)8-4-7-10-5-2-1-3-6-10/h1-3,5-6,9,12H,4,7-8,17H2. The van der Waals surface area contributed by atoms with Crippen LogP contribution in [0.3, 0.4) is 0 Å². The maximum atomic E-state index is 6.14. The summed E-state index contributed by atoms with van der Waals surface area (Å²) < 4.78 is 1.42. The molecule has 2 aromatic rings. The average molecular weight is 300 g/mol. The van der Waals surface area contributed by atoms with Gasteiger partial charge in [0.1, 0.15) is 0 Å². The molecular weight excluding hydrogens is 285 g/mol. The van der Waals surface area contributed by atoms with Crippen molar-refractivity contribution in [1.82, 2.24) is 0 Å². The van der Waals surface area contributed by atoms with E-state index >= 15 is 0 Å². The number of aryl methyl sites for hydroxylation is 1. The summed E-state index contributed by atoms with van der Waals surface area (Å²) in [6, 6.07) is 12.3. The second-order valence-electron chi connectivity index (χ2n) is 4.26. The summed E-state index contributed by atoms with van der Waals surface area (Å²) in [6.07, 6.45) is 3.01. The number of halogens is 2. The predicted molar refractivity (Wildman–Crippen MR) is 80.6 cm³/mol. The van der Waals surface area contributed by atoms with Gasteiger partial charge in [0.05, 0.1) is 8.67 Å². The highest BCUT2D eigenvalue weighted by molar-refractivity contribution is 7.20. The minimum atomic E-state index is -0.0232. The summed E-state index contributed by atoms with van der Waals surface area (Å²) in [5, 5.41) is 0. The Kier molecular flexibility index (Phi) is 5.07. The molecule has 0 aliphatic heterocycles. The van der Waals surface area contributed by atoms with Crippen molar-refractivity contribution in [2.45, 2.75) is 25.3 Å². The van der Waals surface area contributed by atoms with Crippen molar-refractivity contribution < 1.29 is 0 Å². The Balaban J connectivity index is 1.85. The molecule has 1 nitrogen and oxygen atoms in total. The van der Waals surface area contributed by atoms with Crippen LogP contribution in [0.2, 0.25) is 8.67 Å². The maximum absolute atomic E-state index is 6.14. The van der Waals surface area contributed by atoms with Gasteiger partial charge in [0.15, 0.2) is 0 Å². The summed E-state index contributed by atoms with van der Waals surface area (Å²) in [7, 11) is 0. The van der Waals surface area contributed by atoms with Crippen molar-refractivity contribution >= 4 is 34.5 Å². The highest BCUT2D eigenvalue weighted by Gasteiger charge is 2.13. The summed E-state index contributed by atoms with van der Waals surface area (Å²) in [6.45, 7) is 0. The first-order valence-electron chi connectivity index (χ1n) is 5.91.